The van der Waals surface area contributed by atoms with Crippen molar-refractivity contribution in [3.05, 3.63) is 76.6 Å². The topological polar surface area (TPSA) is 84.6 Å². The van der Waals surface area contributed by atoms with Gasteiger partial charge in [0.1, 0.15) is 12.7 Å². The molecule has 0 saturated heterocycles. The molecule has 32 heavy (non-hydrogen) atoms. The number of Topliss-reactive ketones (excluding diaryl/α,β-unsaturated/α-hetero) is 1. The zero-order chi connectivity index (χ0) is 23.5. The van der Waals surface area contributed by atoms with Gasteiger partial charge in [0.25, 0.3) is 5.69 Å². The van der Waals surface area contributed by atoms with Gasteiger partial charge in [-0.1, -0.05) is 38.0 Å². The van der Waals surface area contributed by atoms with Gasteiger partial charge in [-0.15, -0.1) is 4.68 Å². The van der Waals surface area contributed by atoms with Crippen LogP contribution < -0.4 is 9.47 Å². The highest BCUT2D eigenvalue weighted by Crippen LogP contribution is 2.22. The predicted octanol–water partition coefficient (Wildman–Crippen LogP) is 3.91. The van der Waals surface area contributed by atoms with Gasteiger partial charge in [-0.3, -0.25) is 14.9 Å². The molecule has 3 rings (SSSR count). The van der Waals surface area contributed by atoms with Crippen molar-refractivity contribution in [2.45, 2.75) is 27.3 Å². The lowest BCUT2D eigenvalue weighted by molar-refractivity contribution is -0.673. The quantitative estimate of drug-likeness (QED) is 0.244. The van der Waals surface area contributed by atoms with E-state index in [0.717, 1.165) is 16.8 Å². The number of carbonyl (C=O) groups is 1. The van der Waals surface area contributed by atoms with Crippen LogP contribution in [-0.4, -0.2) is 35.7 Å². The average Bonchev–Trinajstić information content (AvgIpc) is 3.14. The molecule has 0 spiro atoms. The molecule has 0 aliphatic carbocycles. The largest absolute Gasteiger partial charge is 0.378 e. The monoisotopic (exact) mass is 434 g/mol. The zero-order valence-corrected chi connectivity index (χ0v) is 19.0. The second-order valence-electron chi connectivity index (χ2n) is 8.80. The molecule has 0 aliphatic rings. The minimum atomic E-state index is -0.487. The maximum atomic E-state index is 12.7. The van der Waals surface area contributed by atoms with E-state index in [1.54, 1.807) is 35.4 Å². The maximum absolute atomic E-state index is 12.7. The molecule has 0 atom stereocenters. The van der Waals surface area contributed by atoms with E-state index in [2.05, 4.69) is 5.10 Å². The first-order valence-corrected chi connectivity index (χ1v) is 10.3. The predicted molar refractivity (Wildman–Crippen MR) is 125 cm³/mol. The number of carbonyl (C=O) groups excluding carboxylic acids is 1. The Morgan fingerprint density at radius 3 is 2.28 bits per heavy atom. The lowest BCUT2D eigenvalue weighted by atomic mass is 9.91. The van der Waals surface area contributed by atoms with E-state index in [0.29, 0.717) is 5.82 Å². The normalized spacial score (nSPS) is 11.7. The van der Waals surface area contributed by atoms with Gasteiger partial charge < -0.3 is 4.90 Å². The summed E-state index contributed by atoms with van der Waals surface area (Å²) in [6.45, 7) is 5.83. The minimum absolute atomic E-state index is 0.00802. The Bertz CT molecular complexity index is 1140. The molecular weight excluding hydrogens is 406 g/mol. The Balaban J connectivity index is 1.99. The van der Waals surface area contributed by atoms with Crippen LogP contribution in [0.25, 0.3) is 11.4 Å². The molecule has 8 nitrogen and oxygen atoms in total. The van der Waals surface area contributed by atoms with Crippen LogP contribution in [0.5, 0.6) is 0 Å². The van der Waals surface area contributed by atoms with Crippen molar-refractivity contribution in [3.63, 3.8) is 0 Å². The Hall–Kier alpha value is -3.81. The molecule has 0 unspecified atom stereocenters. The smallest absolute Gasteiger partial charge is 0.314 e. The highest BCUT2D eigenvalue weighted by Gasteiger charge is 2.28. The number of hydrogen-bond donors (Lipinski definition) is 0. The van der Waals surface area contributed by atoms with Gasteiger partial charge in [-0.25, -0.2) is 4.57 Å². The fourth-order valence-corrected chi connectivity index (χ4v) is 3.05. The number of nitro benzene ring substituents is 1. The van der Waals surface area contributed by atoms with Crippen LogP contribution >= 0.6 is 0 Å². The highest BCUT2D eigenvalue weighted by molar-refractivity contribution is 5.82. The van der Waals surface area contributed by atoms with E-state index in [1.807, 2.05) is 68.6 Å². The van der Waals surface area contributed by atoms with Crippen molar-refractivity contribution >= 4 is 23.4 Å². The van der Waals surface area contributed by atoms with Crippen molar-refractivity contribution in [2.24, 2.45) is 10.5 Å². The number of ketones is 1. The van der Waals surface area contributed by atoms with E-state index in [9.17, 15) is 14.9 Å². The third-order valence-electron chi connectivity index (χ3n) is 5.10. The summed E-state index contributed by atoms with van der Waals surface area (Å²) in [5.74, 6) is 0.741. The zero-order valence-electron chi connectivity index (χ0n) is 19.0. The van der Waals surface area contributed by atoms with E-state index in [-0.39, 0.29) is 18.0 Å². The first-order chi connectivity index (χ1) is 15.1. The van der Waals surface area contributed by atoms with Crippen molar-refractivity contribution in [2.75, 3.05) is 19.0 Å². The molecule has 3 aromatic rings. The second-order valence-corrected chi connectivity index (χ2v) is 8.80. The number of hydrogen-bond acceptors (Lipinski definition) is 5. The third-order valence-corrected chi connectivity index (χ3v) is 5.10. The average molecular weight is 435 g/mol. The highest BCUT2D eigenvalue weighted by atomic mass is 16.6. The van der Waals surface area contributed by atoms with Gasteiger partial charge in [0.2, 0.25) is 0 Å². The molecule has 0 radical (unpaired) electrons. The molecule has 0 amide bonds. The molecule has 8 heteroatoms. The van der Waals surface area contributed by atoms with Gasteiger partial charge in [-0.2, -0.15) is 0 Å². The van der Waals surface area contributed by atoms with Crippen LogP contribution in [0.3, 0.4) is 0 Å². The molecule has 0 aliphatic heterocycles. The molecule has 2 aromatic carbocycles. The Kier molecular flexibility index (Phi) is 6.53. The van der Waals surface area contributed by atoms with Crippen LogP contribution in [0, 0.1) is 15.5 Å². The number of anilines is 1. The first-order valence-electron chi connectivity index (χ1n) is 10.3. The van der Waals surface area contributed by atoms with Gasteiger partial charge in [0, 0.05) is 37.3 Å². The summed E-state index contributed by atoms with van der Waals surface area (Å²) in [5, 5.41) is 15.6. The number of benzene rings is 2. The van der Waals surface area contributed by atoms with Gasteiger partial charge in [0.05, 0.1) is 16.7 Å². The molecule has 0 saturated carbocycles. The maximum Gasteiger partial charge on any atom is 0.314 e. The van der Waals surface area contributed by atoms with Crippen LogP contribution in [-0.2, 0) is 11.3 Å². The summed E-state index contributed by atoms with van der Waals surface area (Å²) in [4.78, 5) is 25.3. The second kappa shape index (κ2) is 9.13. The molecule has 0 bridgehead atoms. The van der Waals surface area contributed by atoms with E-state index in [4.69, 9.17) is 0 Å². The van der Waals surface area contributed by atoms with Crippen LogP contribution in [0.15, 0.2) is 66.0 Å². The fraction of sp³-hybridized carbons (Fsp3) is 0.292. The lowest BCUT2D eigenvalue weighted by Crippen LogP contribution is -2.42. The summed E-state index contributed by atoms with van der Waals surface area (Å²) >= 11 is 0. The fourth-order valence-electron chi connectivity index (χ4n) is 3.05. The first kappa shape index (κ1) is 22.9. The van der Waals surface area contributed by atoms with Gasteiger partial charge in [0.15, 0.2) is 12.0 Å². The van der Waals surface area contributed by atoms with Crippen molar-refractivity contribution < 1.29 is 14.3 Å². The van der Waals surface area contributed by atoms with Crippen LogP contribution in [0.1, 0.15) is 26.3 Å². The van der Waals surface area contributed by atoms with Gasteiger partial charge >= 0.3 is 5.82 Å². The molecule has 166 valence electrons. The molecular formula is C24H28N5O3+. The standard InChI is InChI=1S/C24H28N5O3/c1-24(2,3)22(30)17-27-14-15-28(23(27)19-8-12-21(13-9-19)29(31)32)25-16-18-6-10-20(11-7-18)26(4)5/h6-16H,17H2,1-5H3/q+1/b25-16-. The molecule has 0 fully saturated rings. The Morgan fingerprint density at radius 1 is 1.12 bits per heavy atom. The van der Waals surface area contributed by atoms with E-state index >= 15 is 0 Å². The number of nitrogens with zero attached hydrogens (tertiary/aromatic N) is 5. The number of nitro groups is 1. The number of imidazole rings is 1. The van der Waals surface area contributed by atoms with Crippen LogP contribution in [0.4, 0.5) is 11.4 Å². The third kappa shape index (κ3) is 5.26. The molecule has 1 aromatic heterocycles. The summed E-state index contributed by atoms with van der Waals surface area (Å²) in [6.07, 6.45) is 5.31. The summed E-state index contributed by atoms with van der Waals surface area (Å²) < 4.78 is 3.50. The summed E-state index contributed by atoms with van der Waals surface area (Å²) in [5.41, 5.74) is 2.26. The number of aromatic nitrogens is 2. The lowest BCUT2D eigenvalue weighted by Gasteiger charge is -2.15. The van der Waals surface area contributed by atoms with Crippen molar-refractivity contribution in [1.29, 1.82) is 0 Å². The van der Waals surface area contributed by atoms with Crippen LogP contribution in [0.2, 0.25) is 0 Å². The molecule has 0 N–H and O–H groups in total. The Morgan fingerprint density at radius 2 is 1.75 bits per heavy atom. The SMILES string of the molecule is CN(C)c1ccc(/C=N\n2cc[n+](CC(=O)C(C)(C)C)c2-c2ccc([N+](=O)[O-])cc2)cc1. The Labute approximate surface area is 187 Å². The van der Waals surface area contributed by atoms with E-state index in [1.165, 1.54) is 12.1 Å². The molecule has 1 heterocycles. The number of non-ortho nitro benzene ring substituents is 1. The van der Waals surface area contributed by atoms with E-state index < -0.39 is 10.3 Å². The van der Waals surface area contributed by atoms with Crippen molar-refractivity contribution in [3.8, 4) is 11.4 Å². The van der Waals surface area contributed by atoms with Gasteiger partial charge in [-0.05, 0) is 29.8 Å². The minimum Gasteiger partial charge on any atom is -0.378 e. The van der Waals surface area contributed by atoms with Crippen molar-refractivity contribution in [1.82, 2.24) is 4.68 Å². The number of rotatable bonds is 7. The summed E-state index contributed by atoms with van der Waals surface area (Å²) in [7, 11) is 3.97. The summed E-state index contributed by atoms with van der Waals surface area (Å²) in [6, 6.07) is 14.2.